The number of carbonyl (C=O) groups is 1. The summed E-state index contributed by atoms with van der Waals surface area (Å²) in [6.45, 7) is 14.7. The van der Waals surface area contributed by atoms with Crippen LogP contribution in [0.15, 0.2) is 0 Å². The zero-order chi connectivity index (χ0) is 16.1. The molecular formula is C17H36N2O2. The summed E-state index contributed by atoms with van der Waals surface area (Å²) in [5.41, 5.74) is -0.545. The van der Waals surface area contributed by atoms with Crippen LogP contribution in [0.2, 0.25) is 0 Å². The maximum Gasteiger partial charge on any atom is 0.326 e. The smallest absolute Gasteiger partial charge is 0.326 e. The second kappa shape index (κ2) is 12.0. The van der Waals surface area contributed by atoms with Gasteiger partial charge in [-0.05, 0) is 33.4 Å². The van der Waals surface area contributed by atoms with Gasteiger partial charge in [0.1, 0.15) is 5.54 Å². The number of hydrogen-bond donors (Lipinski definition) is 1. The third-order valence-corrected chi connectivity index (χ3v) is 4.09. The minimum Gasteiger partial charge on any atom is -0.465 e. The first kappa shape index (κ1) is 20.4. The van der Waals surface area contributed by atoms with Crippen LogP contribution < -0.4 is 5.32 Å². The third kappa shape index (κ3) is 8.42. The van der Waals surface area contributed by atoms with Gasteiger partial charge in [-0.15, -0.1) is 0 Å². The van der Waals surface area contributed by atoms with Crippen LogP contribution >= 0.6 is 0 Å². The summed E-state index contributed by atoms with van der Waals surface area (Å²) < 4.78 is 5.26. The lowest BCUT2D eigenvalue weighted by Gasteiger charge is -2.30. The maximum absolute atomic E-state index is 12.2. The Morgan fingerprint density at radius 2 is 1.76 bits per heavy atom. The number of hydrogen-bond acceptors (Lipinski definition) is 4. The lowest BCUT2D eigenvalue weighted by atomic mass is 9.94. The fourth-order valence-electron chi connectivity index (χ4n) is 2.49. The molecule has 0 bridgehead atoms. The number of rotatable bonds is 13. The zero-order valence-corrected chi connectivity index (χ0v) is 14.8. The van der Waals surface area contributed by atoms with Crippen molar-refractivity contribution >= 4 is 5.97 Å². The topological polar surface area (TPSA) is 41.6 Å². The summed E-state index contributed by atoms with van der Waals surface area (Å²) in [5.74, 6) is -0.110. The van der Waals surface area contributed by atoms with Gasteiger partial charge < -0.3 is 15.0 Å². The first-order chi connectivity index (χ1) is 10.0. The molecule has 0 fully saturated rings. The molecule has 0 aromatic rings. The fourth-order valence-corrected chi connectivity index (χ4v) is 2.49. The Bertz CT molecular complexity index is 268. The minimum atomic E-state index is -0.545. The van der Waals surface area contributed by atoms with Gasteiger partial charge in [-0.25, -0.2) is 0 Å². The monoisotopic (exact) mass is 300 g/mol. The number of unbranched alkanes of at least 4 members (excludes halogenated alkanes) is 3. The van der Waals surface area contributed by atoms with Gasteiger partial charge in [0.15, 0.2) is 0 Å². The Morgan fingerprint density at radius 3 is 2.29 bits per heavy atom. The maximum atomic E-state index is 12.2. The van der Waals surface area contributed by atoms with E-state index in [-0.39, 0.29) is 5.97 Å². The summed E-state index contributed by atoms with van der Waals surface area (Å²) in [6.07, 6.45) is 5.55. The van der Waals surface area contributed by atoms with Gasteiger partial charge in [-0.3, -0.25) is 4.79 Å². The average molecular weight is 300 g/mol. The van der Waals surface area contributed by atoms with Gasteiger partial charge in [0.25, 0.3) is 0 Å². The predicted octanol–water partition coefficient (Wildman–Crippen LogP) is 3.21. The summed E-state index contributed by atoms with van der Waals surface area (Å²) >= 11 is 0. The molecule has 4 nitrogen and oxygen atoms in total. The van der Waals surface area contributed by atoms with Crippen molar-refractivity contribution in [2.24, 2.45) is 0 Å². The van der Waals surface area contributed by atoms with Crippen LogP contribution in [-0.4, -0.2) is 49.2 Å². The molecule has 1 N–H and O–H groups in total. The summed E-state index contributed by atoms with van der Waals surface area (Å²) in [6, 6.07) is 0. The molecule has 0 aliphatic rings. The van der Waals surface area contributed by atoms with E-state index in [0.717, 1.165) is 39.0 Å². The summed E-state index contributed by atoms with van der Waals surface area (Å²) in [5, 5.41) is 3.44. The van der Waals surface area contributed by atoms with E-state index in [1.165, 1.54) is 19.3 Å². The van der Waals surface area contributed by atoms with Crippen molar-refractivity contribution in [3.05, 3.63) is 0 Å². The van der Waals surface area contributed by atoms with E-state index < -0.39 is 5.54 Å². The van der Waals surface area contributed by atoms with E-state index in [4.69, 9.17) is 4.74 Å². The van der Waals surface area contributed by atoms with Crippen LogP contribution in [0, 0.1) is 0 Å². The zero-order valence-electron chi connectivity index (χ0n) is 14.8. The molecule has 1 unspecified atom stereocenters. The van der Waals surface area contributed by atoms with E-state index in [9.17, 15) is 4.79 Å². The van der Waals surface area contributed by atoms with Crippen molar-refractivity contribution < 1.29 is 9.53 Å². The van der Waals surface area contributed by atoms with E-state index in [1.807, 2.05) is 13.8 Å². The molecule has 0 heterocycles. The van der Waals surface area contributed by atoms with E-state index in [2.05, 4.69) is 31.0 Å². The highest BCUT2D eigenvalue weighted by molar-refractivity contribution is 5.80. The van der Waals surface area contributed by atoms with E-state index >= 15 is 0 Å². The quantitative estimate of drug-likeness (QED) is 0.419. The third-order valence-electron chi connectivity index (χ3n) is 4.09. The Labute approximate surface area is 131 Å². The standard InChI is InChI=1S/C17H36N2O2/c1-6-10-11-12-13-17(5,16(20)21-9-4)18-14-15-19(7-2)8-3/h18H,6-15H2,1-5H3. The molecule has 0 radical (unpaired) electrons. The molecule has 4 heteroatoms. The van der Waals surface area contributed by atoms with Crippen LogP contribution in [0.1, 0.15) is 66.7 Å². The first-order valence-corrected chi connectivity index (χ1v) is 8.68. The van der Waals surface area contributed by atoms with Crippen molar-refractivity contribution in [1.29, 1.82) is 0 Å². The second-order valence-corrected chi connectivity index (χ2v) is 5.82. The molecule has 0 aliphatic carbocycles. The normalized spacial score (nSPS) is 14.2. The largest absolute Gasteiger partial charge is 0.465 e. The molecule has 0 spiro atoms. The van der Waals surface area contributed by atoms with Crippen LogP contribution in [0.4, 0.5) is 0 Å². The molecule has 126 valence electrons. The molecule has 0 aromatic carbocycles. The highest BCUT2D eigenvalue weighted by Gasteiger charge is 2.33. The van der Waals surface area contributed by atoms with E-state index in [1.54, 1.807) is 0 Å². The van der Waals surface area contributed by atoms with Gasteiger partial charge in [0, 0.05) is 13.1 Å². The second-order valence-electron chi connectivity index (χ2n) is 5.82. The minimum absolute atomic E-state index is 0.110. The lowest BCUT2D eigenvalue weighted by Crippen LogP contribution is -2.52. The van der Waals surface area contributed by atoms with Crippen molar-refractivity contribution in [1.82, 2.24) is 10.2 Å². The number of esters is 1. The molecule has 21 heavy (non-hydrogen) atoms. The Hall–Kier alpha value is -0.610. The molecule has 0 saturated heterocycles. The summed E-state index contributed by atoms with van der Waals surface area (Å²) in [7, 11) is 0. The molecule has 0 amide bonds. The van der Waals surface area contributed by atoms with Crippen molar-refractivity contribution in [3.8, 4) is 0 Å². The number of ether oxygens (including phenoxy) is 1. The van der Waals surface area contributed by atoms with Gasteiger partial charge in [0.05, 0.1) is 6.61 Å². The Kier molecular flexibility index (Phi) is 11.6. The molecular weight excluding hydrogens is 264 g/mol. The average Bonchev–Trinajstić information content (AvgIpc) is 2.48. The molecule has 0 aromatic heterocycles. The van der Waals surface area contributed by atoms with Gasteiger partial charge in [-0.2, -0.15) is 0 Å². The highest BCUT2D eigenvalue weighted by atomic mass is 16.5. The number of likely N-dealkylation sites (N-methyl/N-ethyl adjacent to an activating group) is 1. The number of carbonyl (C=O) groups excluding carboxylic acids is 1. The van der Waals surface area contributed by atoms with Gasteiger partial charge >= 0.3 is 5.97 Å². The molecule has 0 aliphatic heterocycles. The van der Waals surface area contributed by atoms with Crippen molar-refractivity contribution in [2.45, 2.75) is 72.3 Å². The lowest BCUT2D eigenvalue weighted by molar-refractivity contribution is -0.150. The Balaban J connectivity index is 4.39. The van der Waals surface area contributed by atoms with Crippen molar-refractivity contribution in [2.75, 3.05) is 32.8 Å². The molecule has 0 rings (SSSR count). The highest BCUT2D eigenvalue weighted by Crippen LogP contribution is 2.17. The van der Waals surface area contributed by atoms with Crippen LogP contribution in [-0.2, 0) is 9.53 Å². The number of nitrogens with one attached hydrogen (secondary N) is 1. The summed E-state index contributed by atoms with van der Waals surface area (Å²) in [4.78, 5) is 14.6. The van der Waals surface area contributed by atoms with E-state index in [0.29, 0.717) is 6.61 Å². The van der Waals surface area contributed by atoms with Crippen molar-refractivity contribution in [3.63, 3.8) is 0 Å². The van der Waals surface area contributed by atoms with Crippen LogP contribution in [0.5, 0.6) is 0 Å². The van der Waals surface area contributed by atoms with Crippen LogP contribution in [0.3, 0.4) is 0 Å². The molecule has 1 atom stereocenters. The molecule has 0 saturated carbocycles. The first-order valence-electron chi connectivity index (χ1n) is 8.68. The van der Waals surface area contributed by atoms with Gasteiger partial charge in [-0.1, -0.05) is 46.5 Å². The predicted molar refractivity (Wildman–Crippen MR) is 89.6 cm³/mol. The number of nitrogens with zero attached hydrogens (tertiary/aromatic N) is 1. The fraction of sp³-hybridized carbons (Fsp3) is 0.941. The van der Waals surface area contributed by atoms with Crippen LogP contribution in [0.25, 0.3) is 0 Å². The van der Waals surface area contributed by atoms with Gasteiger partial charge in [0.2, 0.25) is 0 Å². The Morgan fingerprint density at radius 1 is 1.10 bits per heavy atom. The SMILES string of the molecule is CCCCCCC(C)(NCCN(CC)CC)C(=O)OCC.